The number of aromatic nitrogens is 2. The lowest BCUT2D eigenvalue weighted by Gasteiger charge is -2.36. The van der Waals surface area contributed by atoms with Crippen LogP contribution in [-0.4, -0.2) is 46.2 Å². The standard InChI is InChI=1S/C16H22N4O.C2H6/c1-3-5-7-15(6-4-2)20-10-8-19(9-11-20)13-14-12-16(21)18-17-14;1-2/h1,4,6-7,12H,5,8-11,13H2,2H3,(H2,17,18,21);1-2H3/b6-4-,15-7+;. The van der Waals surface area contributed by atoms with E-state index in [0.29, 0.717) is 6.42 Å². The highest BCUT2D eigenvalue weighted by atomic mass is 16.1. The second-order valence-electron chi connectivity index (χ2n) is 5.08. The molecule has 0 spiro atoms. The number of H-pyrrole nitrogens is 2. The van der Waals surface area contributed by atoms with Gasteiger partial charge >= 0.3 is 0 Å². The molecule has 0 amide bonds. The van der Waals surface area contributed by atoms with Crippen molar-refractivity contribution in [2.75, 3.05) is 26.2 Å². The summed E-state index contributed by atoms with van der Waals surface area (Å²) in [5.41, 5.74) is 2.06. The van der Waals surface area contributed by atoms with E-state index in [2.05, 4.69) is 38.1 Å². The van der Waals surface area contributed by atoms with Gasteiger partial charge in [0, 0.05) is 50.9 Å². The monoisotopic (exact) mass is 316 g/mol. The Morgan fingerprint density at radius 1 is 1.30 bits per heavy atom. The summed E-state index contributed by atoms with van der Waals surface area (Å²) in [7, 11) is 0. The van der Waals surface area contributed by atoms with Crippen LogP contribution in [0.5, 0.6) is 0 Å². The lowest BCUT2D eigenvalue weighted by Crippen LogP contribution is -2.45. The quantitative estimate of drug-likeness (QED) is 0.647. The van der Waals surface area contributed by atoms with Crippen LogP contribution in [0.3, 0.4) is 0 Å². The van der Waals surface area contributed by atoms with Crippen LogP contribution in [0.4, 0.5) is 0 Å². The van der Waals surface area contributed by atoms with Gasteiger partial charge in [0.15, 0.2) is 0 Å². The molecule has 1 aromatic rings. The first-order valence-electron chi connectivity index (χ1n) is 8.23. The average molecular weight is 316 g/mol. The van der Waals surface area contributed by atoms with E-state index in [-0.39, 0.29) is 5.56 Å². The first-order chi connectivity index (χ1) is 11.2. The Bertz CT molecular complexity index is 595. The van der Waals surface area contributed by atoms with Crippen LogP contribution >= 0.6 is 0 Å². The minimum Gasteiger partial charge on any atom is -0.369 e. The Morgan fingerprint density at radius 3 is 2.52 bits per heavy atom. The lowest BCUT2D eigenvalue weighted by molar-refractivity contribution is 0.154. The Kier molecular flexibility index (Phi) is 8.63. The van der Waals surface area contributed by atoms with Gasteiger partial charge in [0.25, 0.3) is 5.56 Å². The number of terminal acetylenes is 1. The molecule has 2 N–H and O–H groups in total. The van der Waals surface area contributed by atoms with Crippen molar-refractivity contribution < 1.29 is 0 Å². The molecule has 2 rings (SSSR count). The SMILES string of the molecule is C#CC/C=C(\C=C/C)N1CCN(Cc2cc(=O)[nH][nH]2)CC1.CC. The maximum absolute atomic E-state index is 11.1. The van der Waals surface area contributed by atoms with Gasteiger partial charge in [-0.05, 0) is 19.1 Å². The molecule has 1 saturated heterocycles. The zero-order valence-corrected chi connectivity index (χ0v) is 14.4. The number of allylic oxidation sites excluding steroid dienone is 3. The van der Waals surface area contributed by atoms with Crippen molar-refractivity contribution in [3.05, 3.63) is 46.0 Å². The van der Waals surface area contributed by atoms with E-state index >= 15 is 0 Å². The number of hydrogen-bond acceptors (Lipinski definition) is 3. The summed E-state index contributed by atoms with van der Waals surface area (Å²) in [5, 5.41) is 5.47. The highest BCUT2D eigenvalue weighted by Gasteiger charge is 2.18. The summed E-state index contributed by atoms with van der Waals surface area (Å²) >= 11 is 0. The van der Waals surface area contributed by atoms with Gasteiger partial charge in [-0.15, -0.1) is 12.3 Å². The molecule has 1 aromatic heterocycles. The Balaban J connectivity index is 0.00000127. The molecule has 0 aliphatic carbocycles. The molecule has 1 aliphatic rings. The maximum atomic E-state index is 11.1. The number of rotatable bonds is 5. The van der Waals surface area contributed by atoms with Gasteiger partial charge in [0.2, 0.25) is 0 Å². The second-order valence-corrected chi connectivity index (χ2v) is 5.08. The van der Waals surface area contributed by atoms with Crippen LogP contribution in [0.15, 0.2) is 34.8 Å². The van der Waals surface area contributed by atoms with E-state index in [0.717, 1.165) is 38.4 Å². The van der Waals surface area contributed by atoms with Crippen LogP contribution in [0, 0.1) is 12.3 Å². The van der Waals surface area contributed by atoms with Crippen LogP contribution in [-0.2, 0) is 6.54 Å². The smallest absolute Gasteiger partial charge is 0.264 e. The fraction of sp³-hybridized carbons (Fsp3) is 0.500. The highest BCUT2D eigenvalue weighted by molar-refractivity contribution is 5.19. The normalized spacial score (nSPS) is 16.1. The van der Waals surface area contributed by atoms with E-state index in [4.69, 9.17) is 6.42 Å². The number of nitrogens with zero attached hydrogens (tertiary/aromatic N) is 2. The molecule has 0 saturated carbocycles. The second kappa shape index (κ2) is 10.5. The van der Waals surface area contributed by atoms with Crippen LogP contribution < -0.4 is 5.56 Å². The van der Waals surface area contributed by atoms with Gasteiger partial charge < -0.3 is 10.00 Å². The zero-order valence-electron chi connectivity index (χ0n) is 14.4. The van der Waals surface area contributed by atoms with E-state index < -0.39 is 0 Å². The van der Waals surface area contributed by atoms with Crippen molar-refractivity contribution in [1.82, 2.24) is 20.0 Å². The third-order valence-corrected chi connectivity index (χ3v) is 3.55. The van der Waals surface area contributed by atoms with Gasteiger partial charge in [-0.1, -0.05) is 19.9 Å². The summed E-state index contributed by atoms with van der Waals surface area (Å²) in [6.07, 6.45) is 12.2. The minimum atomic E-state index is -0.0729. The summed E-state index contributed by atoms with van der Waals surface area (Å²) in [6.45, 7) is 10.7. The molecule has 5 nitrogen and oxygen atoms in total. The summed E-state index contributed by atoms with van der Waals surface area (Å²) in [6, 6.07) is 1.62. The van der Waals surface area contributed by atoms with Crippen molar-refractivity contribution in [3.8, 4) is 12.3 Å². The lowest BCUT2D eigenvalue weighted by atomic mass is 10.2. The Labute approximate surface area is 139 Å². The van der Waals surface area contributed by atoms with Gasteiger partial charge in [0.1, 0.15) is 0 Å². The van der Waals surface area contributed by atoms with Gasteiger partial charge in [-0.3, -0.25) is 14.8 Å². The first-order valence-corrected chi connectivity index (χ1v) is 8.23. The summed E-state index contributed by atoms with van der Waals surface area (Å²) in [4.78, 5) is 15.8. The Hall–Kier alpha value is -2.19. The third kappa shape index (κ3) is 6.21. The van der Waals surface area contributed by atoms with E-state index in [1.165, 1.54) is 5.70 Å². The molecule has 126 valence electrons. The van der Waals surface area contributed by atoms with Crippen molar-refractivity contribution in [3.63, 3.8) is 0 Å². The van der Waals surface area contributed by atoms with Gasteiger partial charge in [-0.25, -0.2) is 0 Å². The van der Waals surface area contributed by atoms with Gasteiger partial charge in [0.05, 0.1) is 5.69 Å². The van der Waals surface area contributed by atoms with Crippen molar-refractivity contribution >= 4 is 0 Å². The Morgan fingerprint density at radius 2 is 2.00 bits per heavy atom. The third-order valence-electron chi connectivity index (χ3n) is 3.55. The topological polar surface area (TPSA) is 55.1 Å². The molecule has 1 aliphatic heterocycles. The number of nitrogens with one attached hydrogen (secondary N) is 2. The number of aromatic amines is 2. The molecular weight excluding hydrogens is 288 g/mol. The summed E-state index contributed by atoms with van der Waals surface area (Å²) < 4.78 is 0. The zero-order chi connectivity index (χ0) is 17.1. The molecule has 1 fully saturated rings. The number of piperazine rings is 1. The fourth-order valence-electron chi connectivity index (χ4n) is 2.50. The largest absolute Gasteiger partial charge is 0.369 e. The molecule has 0 unspecified atom stereocenters. The van der Waals surface area contributed by atoms with Crippen molar-refractivity contribution in [1.29, 1.82) is 0 Å². The van der Waals surface area contributed by atoms with E-state index in [9.17, 15) is 4.79 Å². The molecular formula is C18H28N4O. The first kappa shape index (κ1) is 18.9. The average Bonchev–Trinajstić information content (AvgIpc) is 2.99. The molecule has 0 aromatic carbocycles. The fourth-order valence-corrected chi connectivity index (χ4v) is 2.50. The molecule has 2 heterocycles. The minimum absolute atomic E-state index is 0.0729. The maximum Gasteiger partial charge on any atom is 0.264 e. The van der Waals surface area contributed by atoms with E-state index in [1.54, 1.807) is 6.07 Å². The molecule has 0 radical (unpaired) electrons. The van der Waals surface area contributed by atoms with Crippen LogP contribution in [0.2, 0.25) is 0 Å². The predicted molar refractivity (Wildman–Crippen MR) is 96.0 cm³/mol. The van der Waals surface area contributed by atoms with E-state index in [1.807, 2.05) is 26.8 Å². The predicted octanol–water partition coefficient (Wildman–Crippen LogP) is 2.33. The molecule has 0 bridgehead atoms. The van der Waals surface area contributed by atoms with Crippen molar-refractivity contribution in [2.45, 2.75) is 33.7 Å². The molecule has 0 atom stereocenters. The van der Waals surface area contributed by atoms with Gasteiger partial charge in [-0.2, -0.15) is 0 Å². The summed E-state index contributed by atoms with van der Waals surface area (Å²) in [5.74, 6) is 2.65. The van der Waals surface area contributed by atoms with Crippen LogP contribution in [0.25, 0.3) is 0 Å². The molecule has 5 heteroatoms. The number of hydrogen-bond donors (Lipinski definition) is 2. The van der Waals surface area contributed by atoms with Crippen LogP contribution in [0.1, 0.15) is 32.9 Å². The highest BCUT2D eigenvalue weighted by Crippen LogP contribution is 2.13. The van der Waals surface area contributed by atoms with Crippen molar-refractivity contribution in [2.24, 2.45) is 0 Å². The molecule has 23 heavy (non-hydrogen) atoms.